The Hall–Kier alpha value is -3.38. The molecule has 0 aliphatic carbocycles. The molecule has 0 radical (unpaired) electrons. The van der Waals surface area contributed by atoms with E-state index in [2.05, 4.69) is 15.5 Å². The van der Waals surface area contributed by atoms with E-state index >= 15 is 0 Å². The number of pyridine rings is 1. The second-order valence-corrected chi connectivity index (χ2v) is 3.73. The zero-order valence-corrected chi connectivity index (χ0v) is 10.3. The fraction of sp³-hybridized carbons (Fsp3) is 0. The second-order valence-electron chi connectivity index (χ2n) is 3.73. The monoisotopic (exact) mass is 263 g/mol. The van der Waals surface area contributed by atoms with Gasteiger partial charge in [-0.2, -0.15) is 15.6 Å². The Morgan fingerprint density at radius 3 is 2.70 bits per heavy atom. The minimum Gasteiger partial charge on any atom is -0.507 e. The molecule has 6 heteroatoms. The summed E-state index contributed by atoms with van der Waals surface area (Å²) >= 11 is 0. The third kappa shape index (κ3) is 2.71. The molecule has 0 saturated carbocycles. The van der Waals surface area contributed by atoms with E-state index in [0.29, 0.717) is 5.56 Å². The number of hydrogen-bond donors (Lipinski definition) is 2. The van der Waals surface area contributed by atoms with E-state index in [1.165, 1.54) is 24.5 Å². The molecule has 6 nitrogen and oxygen atoms in total. The molecule has 0 bridgehead atoms. The number of benzene rings is 1. The molecule has 1 aromatic carbocycles. The first-order chi connectivity index (χ1) is 9.76. The third-order valence-corrected chi connectivity index (χ3v) is 2.49. The number of rotatable bonds is 3. The first-order valence-corrected chi connectivity index (χ1v) is 5.62. The van der Waals surface area contributed by atoms with Gasteiger partial charge in [0.25, 0.3) is 0 Å². The van der Waals surface area contributed by atoms with Crippen LogP contribution in [0, 0.1) is 22.7 Å². The highest BCUT2D eigenvalue weighted by molar-refractivity contribution is 5.83. The first-order valence-electron chi connectivity index (χ1n) is 5.62. The lowest BCUT2D eigenvalue weighted by atomic mass is 10.1. The van der Waals surface area contributed by atoms with Crippen LogP contribution in [0.2, 0.25) is 0 Å². The summed E-state index contributed by atoms with van der Waals surface area (Å²) in [5.74, 6) is 0.288. The molecule has 0 amide bonds. The predicted molar refractivity (Wildman–Crippen MR) is 73.0 cm³/mol. The van der Waals surface area contributed by atoms with Gasteiger partial charge in [0.2, 0.25) is 0 Å². The van der Waals surface area contributed by atoms with E-state index in [1.807, 2.05) is 12.1 Å². The highest BCUT2D eigenvalue weighted by Crippen LogP contribution is 2.16. The number of phenols is 1. The van der Waals surface area contributed by atoms with Gasteiger partial charge in [-0.15, -0.1) is 0 Å². The molecule has 2 aromatic rings. The number of phenolic OH excluding ortho intramolecular Hbond substituents is 1. The van der Waals surface area contributed by atoms with Gasteiger partial charge in [0.1, 0.15) is 23.5 Å². The Morgan fingerprint density at radius 2 is 2.00 bits per heavy atom. The SMILES string of the molecule is N#Cc1ccnc(NN=Cc2ccccc2O)c1C#N. The minimum absolute atomic E-state index is 0.0947. The number of nitriles is 2. The van der Waals surface area contributed by atoms with Crippen LogP contribution in [0.3, 0.4) is 0 Å². The summed E-state index contributed by atoms with van der Waals surface area (Å²) in [6.45, 7) is 0. The molecule has 1 aromatic heterocycles. The molecule has 0 aliphatic heterocycles. The summed E-state index contributed by atoms with van der Waals surface area (Å²) in [7, 11) is 0. The van der Waals surface area contributed by atoms with E-state index in [1.54, 1.807) is 18.2 Å². The predicted octanol–water partition coefficient (Wildman–Crippen LogP) is 1.98. The number of aromatic nitrogens is 1. The number of aromatic hydroxyl groups is 1. The van der Waals surface area contributed by atoms with E-state index in [0.717, 1.165) is 0 Å². The molecule has 0 atom stereocenters. The highest BCUT2D eigenvalue weighted by atomic mass is 16.3. The molecular formula is C14H9N5O. The first kappa shape index (κ1) is 13.1. The van der Waals surface area contributed by atoms with Crippen molar-refractivity contribution in [1.82, 2.24) is 4.98 Å². The van der Waals surface area contributed by atoms with Crippen molar-refractivity contribution in [3.05, 3.63) is 53.2 Å². The van der Waals surface area contributed by atoms with Crippen LogP contribution in [0.5, 0.6) is 5.75 Å². The molecule has 20 heavy (non-hydrogen) atoms. The molecule has 0 saturated heterocycles. The maximum atomic E-state index is 9.56. The van der Waals surface area contributed by atoms with Crippen molar-refractivity contribution in [2.45, 2.75) is 0 Å². The molecule has 0 spiro atoms. The van der Waals surface area contributed by atoms with Crippen molar-refractivity contribution < 1.29 is 5.11 Å². The maximum Gasteiger partial charge on any atom is 0.165 e. The number of nitrogens with zero attached hydrogens (tertiary/aromatic N) is 4. The number of nitrogens with one attached hydrogen (secondary N) is 1. The number of hydrogen-bond acceptors (Lipinski definition) is 6. The Balaban J connectivity index is 2.23. The average Bonchev–Trinajstić information content (AvgIpc) is 2.48. The zero-order chi connectivity index (χ0) is 14.4. The van der Waals surface area contributed by atoms with E-state index in [4.69, 9.17) is 10.5 Å². The van der Waals surface area contributed by atoms with E-state index in [-0.39, 0.29) is 22.7 Å². The van der Waals surface area contributed by atoms with Gasteiger partial charge in [0, 0.05) is 11.8 Å². The van der Waals surface area contributed by atoms with Crippen LogP contribution in [0.1, 0.15) is 16.7 Å². The van der Waals surface area contributed by atoms with Crippen molar-refractivity contribution in [3.63, 3.8) is 0 Å². The van der Waals surface area contributed by atoms with Gasteiger partial charge in [-0.05, 0) is 18.2 Å². The van der Waals surface area contributed by atoms with Gasteiger partial charge in [-0.25, -0.2) is 4.98 Å². The van der Waals surface area contributed by atoms with Crippen LogP contribution in [-0.4, -0.2) is 16.3 Å². The summed E-state index contributed by atoms with van der Waals surface area (Å²) in [6, 6.07) is 12.0. The van der Waals surface area contributed by atoms with Crippen LogP contribution in [0.25, 0.3) is 0 Å². The van der Waals surface area contributed by atoms with Gasteiger partial charge < -0.3 is 5.11 Å². The van der Waals surface area contributed by atoms with Gasteiger partial charge in [0.05, 0.1) is 11.8 Å². The molecule has 1 heterocycles. The summed E-state index contributed by atoms with van der Waals surface area (Å²) < 4.78 is 0. The largest absolute Gasteiger partial charge is 0.507 e. The van der Waals surface area contributed by atoms with Crippen molar-refractivity contribution >= 4 is 12.0 Å². The Bertz CT molecular complexity index is 740. The molecule has 96 valence electrons. The normalized spacial score (nSPS) is 9.90. The quantitative estimate of drug-likeness (QED) is 0.650. The minimum atomic E-state index is 0.0947. The highest BCUT2D eigenvalue weighted by Gasteiger charge is 2.07. The third-order valence-electron chi connectivity index (χ3n) is 2.49. The van der Waals surface area contributed by atoms with Gasteiger partial charge >= 0.3 is 0 Å². The van der Waals surface area contributed by atoms with Crippen molar-refractivity contribution in [1.29, 1.82) is 10.5 Å². The maximum absolute atomic E-state index is 9.56. The topological polar surface area (TPSA) is 105 Å². The van der Waals surface area contributed by atoms with Crippen LogP contribution < -0.4 is 5.43 Å². The molecule has 0 aliphatic rings. The lowest BCUT2D eigenvalue weighted by Gasteiger charge is -2.02. The fourth-order valence-electron chi connectivity index (χ4n) is 1.51. The number of hydrazone groups is 1. The van der Waals surface area contributed by atoms with Crippen LogP contribution in [0.4, 0.5) is 5.82 Å². The van der Waals surface area contributed by atoms with Gasteiger partial charge in [-0.1, -0.05) is 12.1 Å². The molecular weight excluding hydrogens is 254 g/mol. The molecule has 0 unspecified atom stereocenters. The zero-order valence-electron chi connectivity index (χ0n) is 10.3. The lowest BCUT2D eigenvalue weighted by molar-refractivity contribution is 0.474. The van der Waals surface area contributed by atoms with Crippen LogP contribution in [-0.2, 0) is 0 Å². The van der Waals surface area contributed by atoms with Crippen LogP contribution >= 0.6 is 0 Å². The fourth-order valence-corrected chi connectivity index (χ4v) is 1.51. The van der Waals surface area contributed by atoms with E-state index in [9.17, 15) is 5.11 Å². The van der Waals surface area contributed by atoms with Gasteiger partial charge in [-0.3, -0.25) is 5.43 Å². The Kier molecular flexibility index (Phi) is 3.91. The number of anilines is 1. The van der Waals surface area contributed by atoms with Crippen LogP contribution in [0.15, 0.2) is 41.6 Å². The van der Waals surface area contributed by atoms with Crippen molar-refractivity contribution in [2.75, 3.05) is 5.43 Å². The second kappa shape index (κ2) is 5.98. The summed E-state index contributed by atoms with van der Waals surface area (Å²) in [5, 5.41) is 31.4. The molecule has 2 N–H and O–H groups in total. The van der Waals surface area contributed by atoms with Crippen molar-refractivity contribution in [3.8, 4) is 17.9 Å². The lowest BCUT2D eigenvalue weighted by Crippen LogP contribution is -1.98. The summed E-state index contributed by atoms with van der Waals surface area (Å²) in [5.41, 5.74) is 3.47. The number of para-hydroxylation sites is 1. The van der Waals surface area contributed by atoms with Gasteiger partial charge in [0.15, 0.2) is 5.82 Å². The standard InChI is InChI=1S/C14H9N5O/c15-7-10-5-6-17-14(12(10)8-16)19-18-9-11-3-1-2-4-13(11)20/h1-6,9,20H,(H,17,19). The Morgan fingerprint density at radius 1 is 1.20 bits per heavy atom. The smallest absolute Gasteiger partial charge is 0.165 e. The van der Waals surface area contributed by atoms with E-state index < -0.39 is 0 Å². The summed E-state index contributed by atoms with van der Waals surface area (Å²) in [4.78, 5) is 3.95. The Labute approximate surface area is 115 Å². The average molecular weight is 263 g/mol. The van der Waals surface area contributed by atoms with Crippen molar-refractivity contribution in [2.24, 2.45) is 5.10 Å². The molecule has 0 fully saturated rings. The molecule has 2 rings (SSSR count). The summed E-state index contributed by atoms with van der Waals surface area (Å²) in [6.07, 6.45) is 2.81.